The van der Waals surface area contributed by atoms with E-state index in [0.29, 0.717) is 12.1 Å². The highest BCUT2D eigenvalue weighted by atomic mass is 19.2. The molecule has 1 N–H and O–H groups in total. The van der Waals surface area contributed by atoms with E-state index in [0.717, 1.165) is 49.7 Å². The van der Waals surface area contributed by atoms with E-state index in [4.69, 9.17) is 0 Å². The van der Waals surface area contributed by atoms with Gasteiger partial charge in [-0.3, -0.25) is 4.90 Å². The van der Waals surface area contributed by atoms with Gasteiger partial charge < -0.3 is 5.11 Å². The summed E-state index contributed by atoms with van der Waals surface area (Å²) in [6.07, 6.45) is 1.21. The maximum Gasteiger partial charge on any atom is 0.159 e. The number of aliphatic hydroxyl groups is 1. The van der Waals surface area contributed by atoms with Crippen LogP contribution in [0.2, 0.25) is 0 Å². The number of likely N-dealkylation sites (tertiary alicyclic amines) is 1. The summed E-state index contributed by atoms with van der Waals surface area (Å²) in [7, 11) is 0. The molecule has 2 atom stereocenters. The molecule has 24 heavy (non-hydrogen) atoms. The van der Waals surface area contributed by atoms with Gasteiger partial charge in [0, 0.05) is 12.6 Å². The average Bonchev–Trinajstić information content (AvgIpc) is 3.09. The molecule has 130 valence electrons. The molecular weight excluding hydrogens is 314 g/mol. The van der Waals surface area contributed by atoms with Crippen molar-refractivity contribution in [1.29, 1.82) is 0 Å². The van der Waals surface area contributed by atoms with Gasteiger partial charge in [0.2, 0.25) is 0 Å². The zero-order valence-corrected chi connectivity index (χ0v) is 13.9. The first kappa shape index (κ1) is 17.0. The van der Waals surface area contributed by atoms with Crippen molar-refractivity contribution in [2.24, 2.45) is 0 Å². The standard InChI is InChI=1S/C17H22F2N4O/c1-11-20-12(2)23(21-11)9-14-4-3-7-22(14)10-17(24)13-5-6-15(18)16(19)8-13/h5-6,8,14,17,24H,3-4,7,9-10H2,1-2H3/t14-,17-/m0/s1. The van der Waals surface area contributed by atoms with Gasteiger partial charge in [0.25, 0.3) is 0 Å². The molecule has 0 unspecified atom stereocenters. The lowest BCUT2D eigenvalue weighted by Gasteiger charge is -2.27. The van der Waals surface area contributed by atoms with Gasteiger partial charge >= 0.3 is 0 Å². The molecular formula is C17H22F2N4O. The lowest BCUT2D eigenvalue weighted by molar-refractivity contribution is 0.0998. The molecule has 0 spiro atoms. The van der Waals surface area contributed by atoms with E-state index in [-0.39, 0.29) is 6.04 Å². The van der Waals surface area contributed by atoms with E-state index in [9.17, 15) is 13.9 Å². The van der Waals surface area contributed by atoms with Crippen LogP contribution >= 0.6 is 0 Å². The van der Waals surface area contributed by atoms with Gasteiger partial charge in [0.15, 0.2) is 11.6 Å². The molecule has 3 rings (SSSR count). The molecule has 0 saturated carbocycles. The molecule has 1 aromatic carbocycles. The van der Waals surface area contributed by atoms with E-state index in [1.807, 2.05) is 18.5 Å². The summed E-state index contributed by atoms with van der Waals surface area (Å²) in [5, 5.41) is 14.8. The Labute approximate surface area is 139 Å². The van der Waals surface area contributed by atoms with Crippen molar-refractivity contribution in [3.8, 4) is 0 Å². The van der Waals surface area contributed by atoms with Crippen molar-refractivity contribution in [2.75, 3.05) is 13.1 Å². The summed E-state index contributed by atoms with van der Waals surface area (Å²) in [6, 6.07) is 3.80. The van der Waals surface area contributed by atoms with Crippen LogP contribution in [0.4, 0.5) is 8.78 Å². The molecule has 1 aromatic heterocycles. The van der Waals surface area contributed by atoms with Crippen LogP contribution in [-0.2, 0) is 6.54 Å². The maximum absolute atomic E-state index is 13.3. The molecule has 2 aromatic rings. The fraction of sp³-hybridized carbons (Fsp3) is 0.529. The molecule has 2 heterocycles. The van der Waals surface area contributed by atoms with E-state index < -0.39 is 17.7 Å². The summed E-state index contributed by atoms with van der Waals surface area (Å²) < 4.78 is 28.3. The Morgan fingerprint density at radius 3 is 2.75 bits per heavy atom. The Hall–Kier alpha value is -1.86. The van der Waals surface area contributed by atoms with Gasteiger partial charge in [0.1, 0.15) is 11.6 Å². The Morgan fingerprint density at radius 2 is 2.08 bits per heavy atom. The summed E-state index contributed by atoms with van der Waals surface area (Å²) in [5.74, 6) is -0.209. The number of aliphatic hydroxyl groups excluding tert-OH is 1. The fourth-order valence-electron chi connectivity index (χ4n) is 3.32. The van der Waals surface area contributed by atoms with E-state index >= 15 is 0 Å². The smallest absolute Gasteiger partial charge is 0.159 e. The third-order valence-corrected chi connectivity index (χ3v) is 4.58. The highest BCUT2D eigenvalue weighted by Gasteiger charge is 2.28. The van der Waals surface area contributed by atoms with Crippen molar-refractivity contribution >= 4 is 0 Å². The second kappa shape index (κ2) is 6.94. The van der Waals surface area contributed by atoms with E-state index in [2.05, 4.69) is 15.0 Å². The number of nitrogens with zero attached hydrogens (tertiary/aromatic N) is 4. The molecule has 7 heteroatoms. The van der Waals surface area contributed by atoms with Crippen LogP contribution in [0, 0.1) is 25.5 Å². The van der Waals surface area contributed by atoms with Gasteiger partial charge in [-0.05, 0) is 50.9 Å². The molecule has 0 bridgehead atoms. The highest BCUT2D eigenvalue weighted by Crippen LogP contribution is 2.24. The number of benzene rings is 1. The zero-order chi connectivity index (χ0) is 17.3. The zero-order valence-electron chi connectivity index (χ0n) is 13.9. The predicted molar refractivity (Wildman–Crippen MR) is 85.4 cm³/mol. The van der Waals surface area contributed by atoms with Crippen LogP contribution in [0.3, 0.4) is 0 Å². The van der Waals surface area contributed by atoms with Crippen LogP contribution in [0.25, 0.3) is 0 Å². The number of hydrogen-bond acceptors (Lipinski definition) is 4. The van der Waals surface area contributed by atoms with Crippen molar-refractivity contribution < 1.29 is 13.9 Å². The molecule has 0 radical (unpaired) electrons. The molecule has 1 aliphatic heterocycles. The minimum Gasteiger partial charge on any atom is -0.387 e. The van der Waals surface area contributed by atoms with Crippen LogP contribution in [0.1, 0.15) is 36.2 Å². The second-order valence-electron chi connectivity index (χ2n) is 6.37. The monoisotopic (exact) mass is 336 g/mol. The molecule has 0 aliphatic carbocycles. The van der Waals surface area contributed by atoms with Gasteiger partial charge in [0.05, 0.1) is 12.6 Å². The normalized spacial score (nSPS) is 19.8. The highest BCUT2D eigenvalue weighted by molar-refractivity contribution is 5.20. The quantitative estimate of drug-likeness (QED) is 0.911. The van der Waals surface area contributed by atoms with Gasteiger partial charge in [-0.2, -0.15) is 5.10 Å². The topological polar surface area (TPSA) is 54.2 Å². The maximum atomic E-state index is 13.3. The van der Waals surface area contributed by atoms with Crippen molar-refractivity contribution in [3.63, 3.8) is 0 Å². The number of hydrogen-bond donors (Lipinski definition) is 1. The first-order valence-corrected chi connectivity index (χ1v) is 8.19. The second-order valence-corrected chi connectivity index (χ2v) is 6.37. The van der Waals surface area contributed by atoms with Crippen LogP contribution in [0.5, 0.6) is 0 Å². The lowest BCUT2D eigenvalue weighted by Crippen LogP contribution is -2.36. The summed E-state index contributed by atoms with van der Waals surface area (Å²) >= 11 is 0. The fourth-order valence-corrected chi connectivity index (χ4v) is 3.32. The Morgan fingerprint density at radius 1 is 1.29 bits per heavy atom. The largest absolute Gasteiger partial charge is 0.387 e. The molecule has 1 saturated heterocycles. The molecule has 1 aliphatic rings. The first-order valence-electron chi connectivity index (χ1n) is 8.19. The predicted octanol–water partition coefficient (Wildman–Crippen LogP) is 2.37. The number of rotatable bonds is 5. The van der Waals surface area contributed by atoms with E-state index in [1.165, 1.54) is 6.07 Å². The van der Waals surface area contributed by atoms with Gasteiger partial charge in [-0.15, -0.1) is 0 Å². The lowest BCUT2D eigenvalue weighted by atomic mass is 10.1. The number of aromatic nitrogens is 3. The number of halogens is 2. The number of aryl methyl sites for hydroxylation is 2. The third-order valence-electron chi connectivity index (χ3n) is 4.58. The van der Waals surface area contributed by atoms with Crippen LogP contribution in [0.15, 0.2) is 18.2 Å². The Bertz CT molecular complexity index is 719. The minimum absolute atomic E-state index is 0.254. The Kier molecular flexibility index (Phi) is 4.91. The van der Waals surface area contributed by atoms with Crippen molar-refractivity contribution in [2.45, 2.75) is 45.4 Å². The molecule has 5 nitrogen and oxygen atoms in total. The van der Waals surface area contributed by atoms with Crippen molar-refractivity contribution in [1.82, 2.24) is 19.7 Å². The SMILES string of the molecule is Cc1nc(C)n(C[C@@H]2CCCN2C[C@H](O)c2ccc(F)c(F)c2)n1. The van der Waals surface area contributed by atoms with E-state index in [1.54, 1.807) is 0 Å². The van der Waals surface area contributed by atoms with Gasteiger partial charge in [-0.25, -0.2) is 18.4 Å². The summed E-state index contributed by atoms with van der Waals surface area (Å²) in [6.45, 7) is 5.77. The van der Waals surface area contributed by atoms with Crippen LogP contribution in [-0.4, -0.2) is 43.9 Å². The summed E-state index contributed by atoms with van der Waals surface area (Å²) in [5.41, 5.74) is 0.396. The Balaban J connectivity index is 1.66. The number of β-amino-alcohol motifs (C(OH)–C–C–N with tert-alkyl or cyclic N) is 1. The van der Waals surface area contributed by atoms with Gasteiger partial charge in [-0.1, -0.05) is 6.07 Å². The molecule has 1 fully saturated rings. The average molecular weight is 336 g/mol. The third kappa shape index (κ3) is 3.62. The van der Waals surface area contributed by atoms with Crippen molar-refractivity contribution in [3.05, 3.63) is 47.0 Å². The summed E-state index contributed by atoms with van der Waals surface area (Å²) in [4.78, 5) is 6.49. The first-order chi connectivity index (χ1) is 11.4. The van der Waals surface area contributed by atoms with Crippen LogP contribution < -0.4 is 0 Å². The molecule has 0 amide bonds. The minimum atomic E-state index is -0.932.